The van der Waals surface area contributed by atoms with Gasteiger partial charge in [-0.25, -0.2) is 0 Å². The summed E-state index contributed by atoms with van der Waals surface area (Å²) in [5, 5.41) is 15.5. The van der Waals surface area contributed by atoms with Crippen LogP contribution in [-0.4, -0.2) is 17.2 Å². The van der Waals surface area contributed by atoms with Crippen LogP contribution >= 0.6 is 0 Å². The highest BCUT2D eigenvalue weighted by Crippen LogP contribution is 2.39. The van der Waals surface area contributed by atoms with Gasteiger partial charge in [0.05, 0.1) is 12.0 Å². The molecule has 0 aliphatic carbocycles. The second-order valence-corrected chi connectivity index (χ2v) is 4.15. The zero-order valence-electron chi connectivity index (χ0n) is 10.6. The lowest BCUT2D eigenvalue weighted by Crippen LogP contribution is -1.91. The summed E-state index contributed by atoms with van der Waals surface area (Å²) in [7, 11) is 1.48. The predicted octanol–water partition coefficient (Wildman–Crippen LogP) is 3.41. The van der Waals surface area contributed by atoms with Gasteiger partial charge >= 0.3 is 0 Å². The maximum atomic E-state index is 11.2. The number of non-ortho nitro benzene ring substituents is 1. The predicted molar refractivity (Wildman–Crippen MR) is 72.7 cm³/mol. The Hall–Kier alpha value is -2.89. The van der Waals surface area contributed by atoms with Crippen LogP contribution in [0.1, 0.15) is 0 Å². The summed E-state index contributed by atoms with van der Waals surface area (Å²) in [6.45, 7) is 0. The van der Waals surface area contributed by atoms with E-state index in [-0.39, 0.29) is 11.3 Å². The maximum Gasteiger partial charge on any atom is 0.283 e. The van der Waals surface area contributed by atoms with Crippen molar-refractivity contribution in [1.29, 1.82) is 0 Å². The van der Waals surface area contributed by atoms with Gasteiger partial charge in [-0.1, -0.05) is 35.5 Å². The van der Waals surface area contributed by atoms with Crippen LogP contribution in [0, 0.1) is 10.1 Å². The zero-order chi connectivity index (χ0) is 14.1. The number of nitrogens with zero attached hydrogens (tertiary/aromatic N) is 2. The van der Waals surface area contributed by atoms with Crippen molar-refractivity contribution >= 4 is 16.7 Å². The van der Waals surface area contributed by atoms with Crippen LogP contribution < -0.4 is 4.74 Å². The molecule has 0 saturated heterocycles. The molecule has 0 amide bonds. The maximum absolute atomic E-state index is 11.2. The molecule has 0 spiro atoms. The first-order chi connectivity index (χ1) is 9.72. The number of benzene rings is 2. The number of nitro benzene ring substituents is 1. The molecule has 1 aromatic heterocycles. The van der Waals surface area contributed by atoms with Gasteiger partial charge in [-0.05, 0) is 6.07 Å². The summed E-state index contributed by atoms with van der Waals surface area (Å²) in [6, 6.07) is 12.1. The summed E-state index contributed by atoms with van der Waals surface area (Å²) in [6.07, 6.45) is 0. The Morgan fingerprint density at radius 2 is 1.95 bits per heavy atom. The van der Waals surface area contributed by atoms with Gasteiger partial charge in [-0.15, -0.1) is 0 Å². The van der Waals surface area contributed by atoms with E-state index in [0.717, 1.165) is 5.56 Å². The van der Waals surface area contributed by atoms with Crippen molar-refractivity contribution in [1.82, 2.24) is 5.16 Å². The van der Waals surface area contributed by atoms with Gasteiger partial charge in [-0.3, -0.25) is 10.1 Å². The quantitative estimate of drug-likeness (QED) is 0.538. The number of methoxy groups -OCH3 is 1. The molecule has 3 aromatic rings. The first-order valence-corrected chi connectivity index (χ1v) is 5.88. The molecule has 0 N–H and O–H groups in total. The molecular formula is C14H10N2O4. The van der Waals surface area contributed by atoms with Gasteiger partial charge in [0.1, 0.15) is 11.1 Å². The van der Waals surface area contributed by atoms with Crippen LogP contribution in [0.4, 0.5) is 5.69 Å². The minimum atomic E-state index is -0.453. The van der Waals surface area contributed by atoms with Crippen molar-refractivity contribution in [2.75, 3.05) is 7.11 Å². The van der Waals surface area contributed by atoms with Gasteiger partial charge in [0.25, 0.3) is 5.69 Å². The second-order valence-electron chi connectivity index (χ2n) is 4.15. The SMILES string of the molecule is COc1ccc([N+](=O)[O-])c2c(-c3ccccc3)noc12. The molecule has 0 aliphatic heterocycles. The minimum absolute atomic E-state index is 0.0547. The van der Waals surface area contributed by atoms with Crippen LogP contribution in [0.5, 0.6) is 5.75 Å². The van der Waals surface area contributed by atoms with E-state index < -0.39 is 4.92 Å². The number of fused-ring (bicyclic) bond motifs is 1. The Balaban J connectivity index is 2.37. The van der Waals surface area contributed by atoms with Gasteiger partial charge in [0.15, 0.2) is 5.75 Å². The number of rotatable bonds is 3. The Morgan fingerprint density at radius 1 is 1.20 bits per heavy atom. The number of nitro groups is 1. The molecule has 3 rings (SSSR count). The molecule has 100 valence electrons. The van der Waals surface area contributed by atoms with Crippen molar-refractivity contribution in [3.05, 3.63) is 52.6 Å². The minimum Gasteiger partial charge on any atom is -0.493 e. The topological polar surface area (TPSA) is 78.4 Å². The van der Waals surface area contributed by atoms with Crippen LogP contribution in [0.3, 0.4) is 0 Å². The van der Waals surface area contributed by atoms with Crippen LogP contribution in [0.15, 0.2) is 47.0 Å². The molecule has 0 aliphatic rings. The molecule has 6 nitrogen and oxygen atoms in total. The highest BCUT2D eigenvalue weighted by molar-refractivity contribution is 6.01. The van der Waals surface area contributed by atoms with Gasteiger partial charge < -0.3 is 9.26 Å². The third kappa shape index (κ3) is 1.78. The molecule has 0 unspecified atom stereocenters. The molecule has 0 saturated carbocycles. The average molecular weight is 270 g/mol. The highest BCUT2D eigenvalue weighted by atomic mass is 16.6. The van der Waals surface area contributed by atoms with E-state index in [0.29, 0.717) is 16.8 Å². The van der Waals surface area contributed by atoms with Gasteiger partial charge in [-0.2, -0.15) is 0 Å². The van der Waals surface area contributed by atoms with Crippen LogP contribution in [-0.2, 0) is 0 Å². The average Bonchev–Trinajstić information content (AvgIpc) is 2.91. The molecule has 0 radical (unpaired) electrons. The molecule has 6 heteroatoms. The fourth-order valence-electron chi connectivity index (χ4n) is 2.12. The molecule has 2 aromatic carbocycles. The smallest absolute Gasteiger partial charge is 0.283 e. The number of aromatic nitrogens is 1. The lowest BCUT2D eigenvalue weighted by atomic mass is 10.1. The van der Waals surface area contributed by atoms with Crippen molar-refractivity contribution in [3.8, 4) is 17.0 Å². The Labute approximate surface area is 113 Å². The summed E-state index contributed by atoms with van der Waals surface area (Å²) in [4.78, 5) is 10.7. The third-order valence-electron chi connectivity index (χ3n) is 3.03. The number of ether oxygens (including phenoxy) is 1. The first kappa shape index (κ1) is 12.2. The van der Waals surface area contributed by atoms with Crippen LogP contribution in [0.25, 0.3) is 22.2 Å². The summed E-state index contributed by atoms with van der Waals surface area (Å²) >= 11 is 0. The Bertz CT molecular complexity index is 780. The summed E-state index contributed by atoms with van der Waals surface area (Å²) in [5.41, 5.74) is 1.41. The third-order valence-corrected chi connectivity index (χ3v) is 3.03. The molecule has 0 atom stereocenters. The monoisotopic (exact) mass is 270 g/mol. The first-order valence-electron chi connectivity index (χ1n) is 5.88. The van der Waals surface area contributed by atoms with E-state index >= 15 is 0 Å². The van der Waals surface area contributed by atoms with Crippen molar-refractivity contribution in [2.45, 2.75) is 0 Å². The van der Waals surface area contributed by atoms with E-state index in [1.807, 2.05) is 30.3 Å². The lowest BCUT2D eigenvalue weighted by Gasteiger charge is -2.01. The van der Waals surface area contributed by atoms with E-state index in [1.54, 1.807) is 0 Å². The molecular weight excluding hydrogens is 260 g/mol. The van der Waals surface area contributed by atoms with Crippen molar-refractivity contribution in [2.24, 2.45) is 0 Å². The fraction of sp³-hybridized carbons (Fsp3) is 0.0714. The Morgan fingerprint density at radius 3 is 2.60 bits per heavy atom. The molecule has 20 heavy (non-hydrogen) atoms. The highest BCUT2D eigenvalue weighted by Gasteiger charge is 2.24. The number of hydrogen-bond acceptors (Lipinski definition) is 5. The van der Waals surface area contributed by atoms with E-state index in [9.17, 15) is 10.1 Å². The standard InChI is InChI=1S/C14H10N2O4/c1-19-11-8-7-10(16(17)18)12-13(15-20-14(11)12)9-5-3-2-4-6-9/h2-8H,1H3. The Kier molecular flexibility index (Phi) is 2.83. The number of hydrogen-bond donors (Lipinski definition) is 0. The van der Waals surface area contributed by atoms with E-state index in [4.69, 9.17) is 9.26 Å². The molecule has 1 heterocycles. The largest absolute Gasteiger partial charge is 0.493 e. The normalized spacial score (nSPS) is 10.7. The molecule has 0 bridgehead atoms. The summed E-state index contributed by atoms with van der Waals surface area (Å²) < 4.78 is 10.4. The van der Waals surface area contributed by atoms with Crippen molar-refractivity contribution < 1.29 is 14.2 Å². The summed E-state index contributed by atoms with van der Waals surface area (Å²) in [5.74, 6) is 0.417. The van der Waals surface area contributed by atoms with Crippen molar-refractivity contribution in [3.63, 3.8) is 0 Å². The van der Waals surface area contributed by atoms with E-state index in [2.05, 4.69) is 5.16 Å². The molecule has 0 fully saturated rings. The zero-order valence-corrected chi connectivity index (χ0v) is 10.6. The van der Waals surface area contributed by atoms with Gasteiger partial charge in [0.2, 0.25) is 5.58 Å². The van der Waals surface area contributed by atoms with Gasteiger partial charge in [0, 0.05) is 11.6 Å². The second kappa shape index (κ2) is 4.65. The lowest BCUT2D eigenvalue weighted by molar-refractivity contribution is -0.383. The van der Waals surface area contributed by atoms with E-state index in [1.165, 1.54) is 19.2 Å². The van der Waals surface area contributed by atoms with Crippen LogP contribution in [0.2, 0.25) is 0 Å². The fourth-order valence-corrected chi connectivity index (χ4v) is 2.12.